The van der Waals surface area contributed by atoms with Crippen molar-refractivity contribution >= 4 is 0 Å². The number of aliphatic hydroxyl groups is 1. The van der Waals surface area contributed by atoms with Gasteiger partial charge >= 0.3 is 0 Å². The van der Waals surface area contributed by atoms with Crippen LogP contribution in [0.2, 0.25) is 0 Å². The zero-order chi connectivity index (χ0) is 38.6. The first-order valence-corrected chi connectivity index (χ1v) is 22.7. The maximum Gasteiger partial charge on any atom is 0.154 e. The quantitative estimate of drug-likeness (QED) is 0.0523. The molecule has 0 amide bonds. The van der Waals surface area contributed by atoms with Crippen LogP contribution >= 0.6 is 0 Å². The van der Waals surface area contributed by atoms with Gasteiger partial charge in [0.15, 0.2) is 6.29 Å². The van der Waals surface area contributed by atoms with Gasteiger partial charge in [0.25, 0.3) is 0 Å². The van der Waals surface area contributed by atoms with E-state index in [1.165, 1.54) is 122 Å². The summed E-state index contributed by atoms with van der Waals surface area (Å²) in [7, 11) is 4.21. The van der Waals surface area contributed by atoms with Gasteiger partial charge in [0, 0.05) is 0 Å². The second-order valence-corrected chi connectivity index (χ2v) is 19.3. The average molecular weight is 720 g/mol. The molecule has 0 aromatic heterocycles. The molecule has 0 spiro atoms. The maximum absolute atomic E-state index is 10.8. The van der Waals surface area contributed by atoms with Gasteiger partial charge in [0.1, 0.15) is 0 Å². The second kappa shape index (κ2) is 31.9. The van der Waals surface area contributed by atoms with E-state index in [-0.39, 0.29) is 6.10 Å². The van der Waals surface area contributed by atoms with Crippen molar-refractivity contribution in [3.05, 3.63) is 11.1 Å². The van der Waals surface area contributed by atoms with Gasteiger partial charge in [0.2, 0.25) is 0 Å². The molecule has 7 atom stereocenters. The Morgan fingerprint density at radius 3 is 1.24 bits per heavy atom. The molecule has 0 bridgehead atoms. The van der Waals surface area contributed by atoms with E-state index in [9.17, 15) is 5.11 Å². The number of nitrogens with zero attached hydrogens (tertiary/aromatic N) is 1. The summed E-state index contributed by atoms with van der Waals surface area (Å²) in [6.07, 6.45) is 28.9. The number of hydrogen-bond donors (Lipinski definition) is 1. The van der Waals surface area contributed by atoms with Crippen molar-refractivity contribution in [2.24, 2.45) is 41.4 Å². The SMILES string of the molecule is CC(CCCC(C)C)=C(C)CCC(C)CCCC(C)CCC(CCC(C)CCCC(C)CCCC(C)CCCC(C)C)OC(O)CCCN(C)C. The normalized spacial score (nSPS) is 17.1. The van der Waals surface area contributed by atoms with Crippen LogP contribution in [0.3, 0.4) is 0 Å². The minimum Gasteiger partial charge on any atom is -0.368 e. The van der Waals surface area contributed by atoms with Crippen LogP contribution < -0.4 is 0 Å². The van der Waals surface area contributed by atoms with Crippen LogP contribution in [-0.4, -0.2) is 43.0 Å². The molecule has 0 aromatic rings. The number of allylic oxidation sites excluding steroid dienone is 2. The Bertz CT molecular complexity index is 803. The van der Waals surface area contributed by atoms with Crippen molar-refractivity contribution in [3.63, 3.8) is 0 Å². The molecular formula is C48H97NO2. The zero-order valence-electron chi connectivity index (χ0n) is 37.5. The summed E-state index contributed by atoms with van der Waals surface area (Å²) in [6, 6.07) is 0. The van der Waals surface area contributed by atoms with E-state index in [0.717, 1.165) is 73.7 Å². The Hall–Kier alpha value is -0.380. The van der Waals surface area contributed by atoms with Crippen LogP contribution in [0.5, 0.6) is 0 Å². The second-order valence-electron chi connectivity index (χ2n) is 19.3. The molecule has 51 heavy (non-hydrogen) atoms. The smallest absolute Gasteiger partial charge is 0.154 e. The van der Waals surface area contributed by atoms with Crippen LogP contribution in [0.1, 0.15) is 224 Å². The summed E-state index contributed by atoms with van der Waals surface area (Å²) in [5.41, 5.74) is 3.28. The summed E-state index contributed by atoms with van der Waals surface area (Å²) in [5, 5.41) is 10.8. The highest BCUT2D eigenvalue weighted by molar-refractivity contribution is 5.09. The van der Waals surface area contributed by atoms with Crippen molar-refractivity contribution < 1.29 is 9.84 Å². The highest BCUT2D eigenvalue weighted by Crippen LogP contribution is 2.27. The first-order chi connectivity index (χ1) is 24.1. The summed E-state index contributed by atoms with van der Waals surface area (Å²) >= 11 is 0. The molecular weight excluding hydrogens is 623 g/mol. The lowest BCUT2D eigenvalue weighted by atomic mass is 9.89. The summed E-state index contributed by atoms with van der Waals surface area (Å²) in [5.74, 6) is 5.68. The number of rotatable bonds is 35. The lowest BCUT2D eigenvalue weighted by Gasteiger charge is -2.25. The molecule has 0 aliphatic heterocycles. The van der Waals surface area contributed by atoms with Gasteiger partial charge in [-0.15, -0.1) is 0 Å². The Kier molecular flexibility index (Phi) is 31.7. The topological polar surface area (TPSA) is 32.7 Å². The van der Waals surface area contributed by atoms with Crippen molar-refractivity contribution in [3.8, 4) is 0 Å². The molecule has 0 aromatic carbocycles. The van der Waals surface area contributed by atoms with Gasteiger partial charge in [0.05, 0.1) is 6.10 Å². The maximum atomic E-state index is 10.8. The van der Waals surface area contributed by atoms with Crippen LogP contribution in [0.25, 0.3) is 0 Å². The van der Waals surface area contributed by atoms with Gasteiger partial charge in [-0.3, -0.25) is 0 Å². The molecule has 1 N–H and O–H groups in total. The summed E-state index contributed by atoms with van der Waals surface area (Å²) in [4.78, 5) is 2.19. The van der Waals surface area contributed by atoms with E-state index in [2.05, 4.69) is 95.2 Å². The molecule has 0 radical (unpaired) electrons. The third-order valence-corrected chi connectivity index (χ3v) is 12.1. The fourth-order valence-corrected chi connectivity index (χ4v) is 7.80. The highest BCUT2D eigenvalue weighted by Gasteiger charge is 2.18. The predicted octanol–water partition coefficient (Wildman–Crippen LogP) is 15.1. The molecule has 0 aliphatic rings. The monoisotopic (exact) mass is 720 g/mol. The van der Waals surface area contributed by atoms with Crippen LogP contribution in [0.4, 0.5) is 0 Å². The fraction of sp³-hybridized carbons (Fsp3) is 0.958. The van der Waals surface area contributed by atoms with Gasteiger partial charge in [-0.05, 0) is 140 Å². The van der Waals surface area contributed by atoms with Crippen molar-refractivity contribution in [2.45, 2.75) is 236 Å². The molecule has 0 aliphatic carbocycles. The fourth-order valence-electron chi connectivity index (χ4n) is 7.80. The molecule has 0 fully saturated rings. The molecule has 0 heterocycles. The third kappa shape index (κ3) is 32.7. The van der Waals surface area contributed by atoms with Gasteiger partial charge < -0.3 is 14.7 Å². The Morgan fingerprint density at radius 2 is 0.804 bits per heavy atom. The van der Waals surface area contributed by atoms with Crippen LogP contribution in [-0.2, 0) is 4.74 Å². The molecule has 7 unspecified atom stereocenters. The first kappa shape index (κ1) is 50.6. The molecule has 3 nitrogen and oxygen atoms in total. The summed E-state index contributed by atoms with van der Waals surface area (Å²) in [6.45, 7) is 27.4. The van der Waals surface area contributed by atoms with Crippen LogP contribution in [0.15, 0.2) is 11.1 Å². The molecule has 306 valence electrons. The van der Waals surface area contributed by atoms with E-state index in [0.29, 0.717) is 0 Å². The van der Waals surface area contributed by atoms with Crippen molar-refractivity contribution in [1.29, 1.82) is 0 Å². The van der Waals surface area contributed by atoms with E-state index in [1.54, 1.807) is 11.1 Å². The van der Waals surface area contributed by atoms with E-state index < -0.39 is 6.29 Å². The molecule has 0 saturated heterocycles. The van der Waals surface area contributed by atoms with Crippen LogP contribution in [0, 0.1) is 41.4 Å². The predicted molar refractivity (Wildman–Crippen MR) is 229 cm³/mol. The first-order valence-electron chi connectivity index (χ1n) is 22.7. The lowest BCUT2D eigenvalue weighted by Crippen LogP contribution is -2.24. The Labute approximate surface area is 323 Å². The average Bonchev–Trinajstić information content (AvgIpc) is 3.04. The number of ether oxygens (including phenoxy) is 1. The van der Waals surface area contributed by atoms with Crippen molar-refractivity contribution in [1.82, 2.24) is 4.90 Å². The zero-order valence-corrected chi connectivity index (χ0v) is 37.5. The van der Waals surface area contributed by atoms with Gasteiger partial charge in [-0.25, -0.2) is 0 Å². The molecule has 3 heteroatoms. The van der Waals surface area contributed by atoms with E-state index in [1.807, 2.05) is 0 Å². The Morgan fingerprint density at radius 1 is 0.431 bits per heavy atom. The highest BCUT2D eigenvalue weighted by atomic mass is 16.6. The largest absolute Gasteiger partial charge is 0.368 e. The molecule has 0 saturated carbocycles. The molecule has 0 rings (SSSR count). The van der Waals surface area contributed by atoms with Gasteiger partial charge in [-0.1, -0.05) is 157 Å². The number of aliphatic hydroxyl groups excluding tert-OH is 1. The van der Waals surface area contributed by atoms with Crippen molar-refractivity contribution in [2.75, 3.05) is 20.6 Å². The summed E-state index contributed by atoms with van der Waals surface area (Å²) < 4.78 is 6.36. The van der Waals surface area contributed by atoms with E-state index >= 15 is 0 Å². The lowest BCUT2D eigenvalue weighted by molar-refractivity contribution is -0.145. The number of hydrogen-bond acceptors (Lipinski definition) is 3. The minimum absolute atomic E-state index is 0.183. The van der Waals surface area contributed by atoms with Gasteiger partial charge in [-0.2, -0.15) is 0 Å². The third-order valence-electron chi connectivity index (χ3n) is 12.1. The minimum atomic E-state index is -0.628. The standard InChI is InChI=1S/C48H97NO2/c1-38(2)20-14-22-40(5)23-16-24-41(6)25-17-27-43(8)32-35-47(51-48(50)30-19-37-49(12)13)36-33-44(9)28-18-26-42(7)31-34-46(11)45(10)29-15-21-39(3)4/h38-44,47-48,50H,14-37H2,1-13H3. The Balaban J connectivity index is 4.57. The van der Waals surface area contributed by atoms with E-state index in [4.69, 9.17) is 4.74 Å².